The van der Waals surface area contributed by atoms with Gasteiger partial charge in [-0.3, -0.25) is 0 Å². The Morgan fingerprint density at radius 2 is 1.62 bits per heavy atom. The van der Waals surface area contributed by atoms with Gasteiger partial charge in [0.1, 0.15) is 11.2 Å². The average molecular weight is 405 g/mol. The van der Waals surface area contributed by atoms with Crippen molar-refractivity contribution in [3.8, 4) is 0 Å². The molecule has 0 N–H and O–H groups in total. The van der Waals surface area contributed by atoms with Crippen molar-refractivity contribution in [3.63, 3.8) is 0 Å². The van der Waals surface area contributed by atoms with E-state index in [1.807, 2.05) is 24.3 Å². The van der Waals surface area contributed by atoms with Crippen LogP contribution in [0.25, 0.3) is 21.9 Å². The van der Waals surface area contributed by atoms with Crippen LogP contribution < -0.4 is 0 Å². The topological polar surface area (TPSA) is 13.1 Å². The minimum atomic E-state index is 0.892. The minimum absolute atomic E-state index is 0.892. The molecule has 80 valence electrons. The molecule has 16 heavy (non-hydrogen) atoms. The van der Waals surface area contributed by atoms with Crippen molar-refractivity contribution in [2.24, 2.45) is 0 Å². The summed E-state index contributed by atoms with van der Waals surface area (Å²) in [7, 11) is 0. The Labute approximate surface area is 117 Å². The predicted octanol–water partition coefficient (Wildman–Crippen LogP) is 5.87. The molecule has 4 heteroatoms. The van der Waals surface area contributed by atoms with Crippen LogP contribution in [0.4, 0.5) is 0 Å². The summed E-state index contributed by atoms with van der Waals surface area (Å²) in [5.41, 5.74) is 1.79. The highest BCUT2D eigenvalue weighted by Crippen LogP contribution is 2.38. The van der Waals surface area contributed by atoms with E-state index in [2.05, 4.69) is 53.9 Å². The largest absolute Gasteiger partial charge is 0.456 e. The van der Waals surface area contributed by atoms with E-state index in [0.29, 0.717) is 0 Å². The summed E-state index contributed by atoms with van der Waals surface area (Å²) in [5, 5.41) is 2.21. The van der Waals surface area contributed by atoms with Crippen LogP contribution in [0.3, 0.4) is 0 Å². The normalized spacial score (nSPS) is 11.4. The van der Waals surface area contributed by atoms with Crippen LogP contribution in [0.2, 0.25) is 0 Å². The first-order chi connectivity index (χ1) is 7.66. The lowest BCUT2D eigenvalue weighted by molar-refractivity contribution is 0.668. The highest BCUT2D eigenvalue weighted by Gasteiger charge is 2.12. The molecule has 0 radical (unpaired) electrons. The fourth-order valence-electron chi connectivity index (χ4n) is 1.77. The summed E-state index contributed by atoms with van der Waals surface area (Å²) >= 11 is 10.6. The zero-order valence-corrected chi connectivity index (χ0v) is 12.7. The third-order valence-corrected chi connectivity index (χ3v) is 5.00. The molecule has 0 aliphatic carbocycles. The van der Waals surface area contributed by atoms with E-state index in [-0.39, 0.29) is 0 Å². The summed E-state index contributed by atoms with van der Waals surface area (Å²) in [6.07, 6.45) is 0. The van der Waals surface area contributed by atoms with E-state index in [9.17, 15) is 0 Å². The van der Waals surface area contributed by atoms with Gasteiger partial charge in [-0.2, -0.15) is 0 Å². The molecule has 0 aliphatic heterocycles. The lowest BCUT2D eigenvalue weighted by Gasteiger charge is -1.97. The SMILES string of the molecule is Brc1ccc2oc3ccc(Br)c(Br)c3c2c1. The lowest BCUT2D eigenvalue weighted by atomic mass is 10.1. The Morgan fingerprint density at radius 3 is 2.44 bits per heavy atom. The zero-order chi connectivity index (χ0) is 11.3. The fraction of sp³-hybridized carbons (Fsp3) is 0. The van der Waals surface area contributed by atoms with Gasteiger partial charge in [0.2, 0.25) is 0 Å². The summed E-state index contributed by atoms with van der Waals surface area (Å²) < 4.78 is 8.88. The molecule has 2 aromatic carbocycles. The van der Waals surface area contributed by atoms with Crippen LogP contribution in [0.15, 0.2) is 48.2 Å². The maximum atomic E-state index is 5.77. The third kappa shape index (κ3) is 1.55. The molecule has 3 aromatic rings. The molecule has 0 bridgehead atoms. The van der Waals surface area contributed by atoms with Crippen LogP contribution in [-0.2, 0) is 0 Å². The van der Waals surface area contributed by atoms with E-state index in [4.69, 9.17) is 4.42 Å². The summed E-state index contributed by atoms with van der Waals surface area (Å²) in [6, 6.07) is 9.97. The number of furan rings is 1. The zero-order valence-electron chi connectivity index (χ0n) is 7.93. The van der Waals surface area contributed by atoms with Crippen molar-refractivity contribution < 1.29 is 4.42 Å². The van der Waals surface area contributed by atoms with Gasteiger partial charge in [0, 0.05) is 24.2 Å². The Balaban J connectivity index is 2.60. The van der Waals surface area contributed by atoms with Gasteiger partial charge in [-0.1, -0.05) is 15.9 Å². The highest BCUT2D eigenvalue weighted by atomic mass is 79.9. The monoisotopic (exact) mass is 402 g/mol. The third-order valence-electron chi connectivity index (χ3n) is 2.49. The van der Waals surface area contributed by atoms with E-state index < -0.39 is 0 Å². The molecule has 1 aromatic heterocycles. The summed E-state index contributed by atoms with van der Waals surface area (Å²) in [4.78, 5) is 0. The van der Waals surface area contributed by atoms with Crippen molar-refractivity contribution in [3.05, 3.63) is 43.7 Å². The molecule has 0 saturated carbocycles. The quantitative estimate of drug-likeness (QED) is 0.456. The first-order valence-electron chi connectivity index (χ1n) is 4.62. The van der Waals surface area contributed by atoms with E-state index in [1.54, 1.807) is 0 Å². The van der Waals surface area contributed by atoms with Crippen molar-refractivity contribution in [1.82, 2.24) is 0 Å². The number of benzene rings is 2. The molecule has 0 saturated heterocycles. The van der Waals surface area contributed by atoms with Crippen LogP contribution in [-0.4, -0.2) is 0 Å². The molecule has 0 unspecified atom stereocenters. The van der Waals surface area contributed by atoms with Gasteiger partial charge < -0.3 is 4.42 Å². The lowest BCUT2D eigenvalue weighted by Crippen LogP contribution is -1.72. The van der Waals surface area contributed by atoms with Gasteiger partial charge in [0.25, 0.3) is 0 Å². The summed E-state index contributed by atoms with van der Waals surface area (Å²) in [5.74, 6) is 0. The Morgan fingerprint density at radius 1 is 0.875 bits per heavy atom. The van der Waals surface area contributed by atoms with Crippen LogP contribution in [0.5, 0.6) is 0 Å². The van der Waals surface area contributed by atoms with E-state index in [0.717, 1.165) is 35.4 Å². The first kappa shape index (κ1) is 10.8. The molecule has 0 fully saturated rings. The number of fused-ring (bicyclic) bond motifs is 3. The first-order valence-corrected chi connectivity index (χ1v) is 7.00. The maximum Gasteiger partial charge on any atom is 0.136 e. The molecule has 1 nitrogen and oxygen atoms in total. The van der Waals surface area contributed by atoms with Crippen molar-refractivity contribution >= 4 is 69.7 Å². The Kier molecular flexibility index (Phi) is 2.61. The maximum absolute atomic E-state index is 5.77. The number of rotatable bonds is 0. The van der Waals surface area contributed by atoms with E-state index >= 15 is 0 Å². The molecular formula is C12H5Br3O. The van der Waals surface area contributed by atoms with Gasteiger partial charge in [-0.25, -0.2) is 0 Å². The van der Waals surface area contributed by atoms with Gasteiger partial charge >= 0.3 is 0 Å². The molecule has 0 spiro atoms. The average Bonchev–Trinajstić information content (AvgIpc) is 2.62. The minimum Gasteiger partial charge on any atom is -0.456 e. The molecule has 1 heterocycles. The van der Waals surface area contributed by atoms with Crippen LogP contribution in [0.1, 0.15) is 0 Å². The van der Waals surface area contributed by atoms with Gasteiger partial charge in [0.15, 0.2) is 0 Å². The predicted molar refractivity (Wildman–Crippen MR) is 76.8 cm³/mol. The van der Waals surface area contributed by atoms with E-state index in [1.165, 1.54) is 0 Å². The van der Waals surface area contributed by atoms with Crippen LogP contribution in [0, 0.1) is 0 Å². The van der Waals surface area contributed by atoms with Crippen molar-refractivity contribution in [1.29, 1.82) is 0 Å². The standard InChI is InChI=1S/C12H5Br3O/c13-6-1-3-9-7(5-6)11-10(16-9)4-2-8(14)12(11)15/h1-5H. The molecular weight excluding hydrogens is 400 g/mol. The Hall–Kier alpha value is -0.320. The van der Waals surface area contributed by atoms with Crippen molar-refractivity contribution in [2.45, 2.75) is 0 Å². The second-order valence-electron chi connectivity index (χ2n) is 3.48. The number of hydrogen-bond donors (Lipinski definition) is 0. The smallest absolute Gasteiger partial charge is 0.136 e. The van der Waals surface area contributed by atoms with Crippen LogP contribution >= 0.6 is 47.8 Å². The number of hydrogen-bond acceptors (Lipinski definition) is 1. The Bertz CT molecular complexity index is 700. The molecule has 3 rings (SSSR count). The number of halogens is 3. The molecule has 0 aliphatic rings. The second kappa shape index (κ2) is 3.86. The highest BCUT2D eigenvalue weighted by molar-refractivity contribution is 9.13. The van der Waals surface area contributed by atoms with Crippen molar-refractivity contribution in [2.75, 3.05) is 0 Å². The molecule has 0 amide bonds. The summed E-state index contributed by atoms with van der Waals surface area (Å²) in [6.45, 7) is 0. The second-order valence-corrected chi connectivity index (χ2v) is 6.04. The fourth-order valence-corrected chi connectivity index (χ4v) is 3.01. The molecule has 0 atom stereocenters. The van der Waals surface area contributed by atoms with Gasteiger partial charge in [0.05, 0.1) is 0 Å². The van der Waals surface area contributed by atoms with Gasteiger partial charge in [-0.15, -0.1) is 0 Å². The van der Waals surface area contributed by atoms with Gasteiger partial charge in [-0.05, 0) is 62.2 Å².